The molecule has 1 aromatic heterocycles. The van der Waals surface area contributed by atoms with Crippen LogP contribution >= 0.6 is 23.2 Å². The lowest BCUT2D eigenvalue weighted by atomic mass is 10.0. The van der Waals surface area contributed by atoms with E-state index in [2.05, 4.69) is 9.97 Å². The van der Waals surface area contributed by atoms with Crippen LogP contribution in [0.25, 0.3) is 11.1 Å². The van der Waals surface area contributed by atoms with Crippen LogP contribution in [0.4, 0.5) is 19.0 Å². The van der Waals surface area contributed by atoms with Gasteiger partial charge in [0.05, 0.1) is 26.7 Å². The van der Waals surface area contributed by atoms with E-state index >= 15 is 0 Å². The molecule has 0 N–H and O–H groups in total. The summed E-state index contributed by atoms with van der Waals surface area (Å²) in [6.45, 7) is 0. The molecule has 0 aliphatic heterocycles. The maximum absolute atomic E-state index is 13.6. The SMILES string of the molecule is O=C(c1ccccc1Cl)N(C(=O)c1ccccc1Cl)c1ncncc1-c1ccc(C(F)(F)F)cc1. The maximum atomic E-state index is 13.6. The topological polar surface area (TPSA) is 63.2 Å². The fourth-order valence-corrected chi connectivity index (χ4v) is 3.77. The fourth-order valence-electron chi connectivity index (χ4n) is 3.34. The number of benzene rings is 3. The molecule has 0 radical (unpaired) electrons. The van der Waals surface area contributed by atoms with Crippen LogP contribution in [-0.4, -0.2) is 21.8 Å². The smallest absolute Gasteiger partial charge is 0.268 e. The molecule has 3 aromatic carbocycles. The summed E-state index contributed by atoms with van der Waals surface area (Å²) < 4.78 is 39.1. The van der Waals surface area contributed by atoms with E-state index < -0.39 is 23.6 Å². The van der Waals surface area contributed by atoms with Crippen LogP contribution in [0, 0.1) is 0 Å². The number of rotatable bonds is 4. The van der Waals surface area contributed by atoms with E-state index in [4.69, 9.17) is 23.2 Å². The predicted octanol–water partition coefficient (Wildman–Crippen LogP) is 6.96. The second-order valence-corrected chi connectivity index (χ2v) is 8.05. The Kier molecular flexibility index (Phi) is 6.86. The van der Waals surface area contributed by atoms with E-state index in [-0.39, 0.29) is 38.1 Å². The second-order valence-electron chi connectivity index (χ2n) is 7.24. The van der Waals surface area contributed by atoms with Gasteiger partial charge in [-0.2, -0.15) is 13.2 Å². The molecule has 0 atom stereocenters. The lowest BCUT2D eigenvalue weighted by Gasteiger charge is -2.23. The highest BCUT2D eigenvalue weighted by Crippen LogP contribution is 2.35. The summed E-state index contributed by atoms with van der Waals surface area (Å²) in [5, 5.41) is 0.194. The van der Waals surface area contributed by atoms with Crippen molar-refractivity contribution in [3.63, 3.8) is 0 Å². The third-order valence-corrected chi connectivity index (χ3v) is 5.70. The summed E-state index contributed by atoms with van der Waals surface area (Å²) in [5.74, 6) is -1.74. The standard InChI is InChI=1S/C25H14Cl2F3N3O2/c26-20-7-3-1-5-17(20)23(34)33(24(35)18-6-2-4-8-21(18)27)22-19(13-31-14-32-22)15-9-11-16(12-10-15)25(28,29)30/h1-14H. The molecule has 0 saturated carbocycles. The van der Waals surface area contributed by atoms with Gasteiger partial charge in [0, 0.05) is 11.8 Å². The van der Waals surface area contributed by atoms with E-state index in [9.17, 15) is 22.8 Å². The van der Waals surface area contributed by atoms with Gasteiger partial charge in [-0.3, -0.25) is 9.59 Å². The van der Waals surface area contributed by atoms with Crippen molar-refractivity contribution < 1.29 is 22.8 Å². The van der Waals surface area contributed by atoms with Crippen LogP contribution < -0.4 is 4.90 Å². The van der Waals surface area contributed by atoms with Crippen LogP contribution in [0.1, 0.15) is 26.3 Å². The first-order valence-electron chi connectivity index (χ1n) is 10.0. The normalized spacial score (nSPS) is 11.2. The molecule has 4 rings (SSSR count). The van der Waals surface area contributed by atoms with Crippen molar-refractivity contribution in [2.24, 2.45) is 0 Å². The number of amides is 2. The Balaban J connectivity index is 1.89. The number of aromatic nitrogens is 2. The van der Waals surface area contributed by atoms with Gasteiger partial charge in [-0.25, -0.2) is 14.9 Å². The van der Waals surface area contributed by atoms with Crippen molar-refractivity contribution in [1.82, 2.24) is 9.97 Å². The summed E-state index contributed by atoms with van der Waals surface area (Å²) in [5.41, 5.74) is -0.395. The van der Waals surface area contributed by atoms with Crippen molar-refractivity contribution in [1.29, 1.82) is 0 Å². The first-order chi connectivity index (χ1) is 16.7. The largest absolute Gasteiger partial charge is 0.416 e. The number of alkyl halides is 3. The predicted molar refractivity (Wildman–Crippen MR) is 127 cm³/mol. The summed E-state index contributed by atoms with van der Waals surface area (Å²) >= 11 is 12.5. The Morgan fingerprint density at radius 2 is 1.29 bits per heavy atom. The third kappa shape index (κ3) is 5.03. The lowest BCUT2D eigenvalue weighted by molar-refractivity contribution is -0.137. The van der Waals surface area contributed by atoms with Crippen molar-refractivity contribution in [3.05, 3.63) is 112 Å². The number of hydrogen-bond acceptors (Lipinski definition) is 4. The molecule has 0 bridgehead atoms. The van der Waals surface area contributed by atoms with Gasteiger partial charge in [0.2, 0.25) is 0 Å². The average Bonchev–Trinajstić information content (AvgIpc) is 2.84. The molecule has 0 unspecified atom stereocenters. The number of anilines is 1. The molecule has 10 heteroatoms. The average molecular weight is 516 g/mol. The number of carbonyl (C=O) groups excluding carboxylic acids is 2. The maximum Gasteiger partial charge on any atom is 0.416 e. The summed E-state index contributed by atoms with van der Waals surface area (Å²) in [4.78, 5) is 36.1. The van der Waals surface area contributed by atoms with Crippen molar-refractivity contribution in [2.45, 2.75) is 6.18 Å². The van der Waals surface area contributed by atoms with Crippen LogP contribution in [0.5, 0.6) is 0 Å². The zero-order valence-corrected chi connectivity index (χ0v) is 19.1. The van der Waals surface area contributed by atoms with Gasteiger partial charge in [0.25, 0.3) is 11.8 Å². The van der Waals surface area contributed by atoms with Crippen LogP contribution in [-0.2, 0) is 6.18 Å². The molecule has 0 saturated heterocycles. The van der Waals surface area contributed by atoms with E-state index in [1.54, 1.807) is 24.3 Å². The molecule has 1 heterocycles. The van der Waals surface area contributed by atoms with Crippen LogP contribution in [0.15, 0.2) is 85.3 Å². The van der Waals surface area contributed by atoms with Crippen molar-refractivity contribution in [3.8, 4) is 11.1 Å². The van der Waals surface area contributed by atoms with E-state index in [0.29, 0.717) is 0 Å². The number of halogens is 5. The number of nitrogens with zero attached hydrogens (tertiary/aromatic N) is 3. The van der Waals surface area contributed by atoms with E-state index in [0.717, 1.165) is 23.4 Å². The summed E-state index contributed by atoms with van der Waals surface area (Å²) in [7, 11) is 0. The zero-order valence-electron chi connectivity index (χ0n) is 17.6. The highest BCUT2D eigenvalue weighted by atomic mass is 35.5. The van der Waals surface area contributed by atoms with Crippen molar-refractivity contribution >= 4 is 40.8 Å². The highest BCUT2D eigenvalue weighted by Gasteiger charge is 2.33. The second kappa shape index (κ2) is 9.85. The van der Waals surface area contributed by atoms with Gasteiger partial charge in [0.15, 0.2) is 5.82 Å². The zero-order chi connectivity index (χ0) is 25.2. The van der Waals surface area contributed by atoms with Gasteiger partial charge in [-0.15, -0.1) is 0 Å². The molecule has 0 aliphatic carbocycles. The third-order valence-electron chi connectivity index (χ3n) is 5.04. The van der Waals surface area contributed by atoms with Gasteiger partial charge >= 0.3 is 6.18 Å². The number of imide groups is 1. The molecule has 35 heavy (non-hydrogen) atoms. The fraction of sp³-hybridized carbons (Fsp3) is 0.0400. The minimum Gasteiger partial charge on any atom is -0.268 e. The molecule has 0 spiro atoms. The molecular weight excluding hydrogens is 502 g/mol. The van der Waals surface area contributed by atoms with Crippen LogP contribution in [0.3, 0.4) is 0 Å². The van der Waals surface area contributed by atoms with E-state index in [1.807, 2.05) is 0 Å². The minimum atomic E-state index is -4.53. The van der Waals surface area contributed by atoms with Gasteiger partial charge in [0.1, 0.15) is 6.33 Å². The molecule has 5 nitrogen and oxygen atoms in total. The Morgan fingerprint density at radius 3 is 1.77 bits per heavy atom. The molecule has 0 fully saturated rings. The monoisotopic (exact) mass is 515 g/mol. The molecule has 176 valence electrons. The Bertz CT molecular complexity index is 1350. The Hall–Kier alpha value is -3.75. The lowest BCUT2D eigenvalue weighted by Crippen LogP contribution is -2.38. The van der Waals surface area contributed by atoms with Crippen LogP contribution in [0.2, 0.25) is 10.0 Å². The van der Waals surface area contributed by atoms with Crippen molar-refractivity contribution in [2.75, 3.05) is 4.90 Å². The number of carbonyl (C=O) groups is 2. The Labute approximate surface area is 207 Å². The first-order valence-corrected chi connectivity index (χ1v) is 10.8. The molecule has 4 aromatic rings. The Morgan fingerprint density at radius 1 is 0.771 bits per heavy atom. The molecular formula is C25H14Cl2F3N3O2. The highest BCUT2D eigenvalue weighted by molar-refractivity contribution is 6.39. The summed E-state index contributed by atoms with van der Waals surface area (Å²) in [6.07, 6.45) is -2.10. The van der Waals surface area contributed by atoms with Gasteiger partial charge in [-0.1, -0.05) is 59.6 Å². The van der Waals surface area contributed by atoms with E-state index in [1.165, 1.54) is 42.6 Å². The minimum absolute atomic E-state index is 0.0200. The summed E-state index contributed by atoms with van der Waals surface area (Å²) in [6, 6.07) is 16.5. The van der Waals surface area contributed by atoms with Gasteiger partial charge in [-0.05, 0) is 42.0 Å². The molecule has 0 aliphatic rings. The number of hydrogen-bond donors (Lipinski definition) is 0. The first kappa shape index (κ1) is 24.4. The quantitative estimate of drug-likeness (QED) is 0.275. The molecule has 2 amide bonds. The van der Waals surface area contributed by atoms with Gasteiger partial charge < -0.3 is 0 Å².